The van der Waals surface area contributed by atoms with Crippen molar-refractivity contribution in [3.05, 3.63) is 32.2 Å². The number of nitrogens with one attached hydrogen (secondary N) is 1. The molecule has 1 rings (SSSR count). The Labute approximate surface area is 80.1 Å². The van der Waals surface area contributed by atoms with E-state index in [0.29, 0.717) is 0 Å². The van der Waals surface area contributed by atoms with Crippen molar-refractivity contribution in [3.8, 4) is 6.07 Å². The van der Waals surface area contributed by atoms with Gasteiger partial charge < -0.3 is 4.98 Å². The van der Waals surface area contributed by atoms with Crippen molar-refractivity contribution in [1.82, 2.24) is 4.98 Å². The average molecular weight is 249 g/mol. The minimum absolute atomic E-state index is 0.0186. The van der Waals surface area contributed by atoms with Crippen LogP contribution in [0.5, 0.6) is 0 Å². The predicted molar refractivity (Wildman–Crippen MR) is 44.4 cm³/mol. The molecule has 1 aromatic rings. The molecule has 68 valence electrons. The molecule has 13 heavy (non-hydrogen) atoms. The first-order valence-electron chi connectivity index (χ1n) is 3.17. The van der Waals surface area contributed by atoms with Gasteiger partial charge in [0.2, 0.25) is 0 Å². The molecule has 0 fully saturated rings. The van der Waals surface area contributed by atoms with Gasteiger partial charge in [-0.15, -0.1) is 0 Å². The first-order valence-corrected chi connectivity index (χ1v) is 3.96. The predicted octanol–water partition coefficient (Wildman–Crippen LogP) is 1.95. The molecule has 0 radical (unpaired) electrons. The van der Waals surface area contributed by atoms with Crippen LogP contribution >= 0.6 is 15.9 Å². The number of nitriles is 1. The summed E-state index contributed by atoms with van der Waals surface area (Å²) >= 11 is 2.77. The van der Waals surface area contributed by atoms with Crippen molar-refractivity contribution in [2.75, 3.05) is 0 Å². The highest BCUT2D eigenvalue weighted by Crippen LogP contribution is 2.25. The van der Waals surface area contributed by atoms with Crippen LogP contribution in [0, 0.1) is 11.3 Å². The van der Waals surface area contributed by atoms with Crippen LogP contribution in [-0.2, 0) is 0 Å². The summed E-state index contributed by atoms with van der Waals surface area (Å²) in [5.41, 5.74) is -1.62. The number of aromatic amines is 1. The fourth-order valence-corrected chi connectivity index (χ4v) is 1.36. The lowest BCUT2D eigenvalue weighted by Crippen LogP contribution is -2.14. The summed E-state index contributed by atoms with van der Waals surface area (Å²) in [5.74, 6) is 0. The Morgan fingerprint density at radius 2 is 2.23 bits per heavy atom. The molecule has 0 aliphatic rings. The highest BCUT2D eigenvalue weighted by molar-refractivity contribution is 9.10. The highest BCUT2D eigenvalue weighted by atomic mass is 79.9. The van der Waals surface area contributed by atoms with Gasteiger partial charge in [0.25, 0.3) is 12.0 Å². The SMILES string of the molecule is N#Cc1c[nH]c(=O)c(C(F)F)c1Br. The molecule has 0 amide bonds. The molecule has 0 saturated heterocycles. The third kappa shape index (κ3) is 1.75. The largest absolute Gasteiger partial charge is 0.327 e. The molecule has 1 aromatic heterocycles. The molecule has 0 saturated carbocycles. The fourth-order valence-electron chi connectivity index (χ4n) is 0.800. The standard InChI is InChI=1S/C7H3BrF2N2O/c8-5-3(1-11)2-12-7(13)4(5)6(9)10/h2,6H,(H,12,13). The number of hydrogen-bond donors (Lipinski definition) is 1. The number of halogens is 3. The summed E-state index contributed by atoms with van der Waals surface area (Å²) in [4.78, 5) is 12.9. The lowest BCUT2D eigenvalue weighted by atomic mass is 10.2. The van der Waals surface area contributed by atoms with Gasteiger partial charge in [0.1, 0.15) is 6.07 Å². The van der Waals surface area contributed by atoms with Gasteiger partial charge in [0.05, 0.1) is 15.6 Å². The Morgan fingerprint density at radius 3 is 2.69 bits per heavy atom. The molecule has 6 heteroatoms. The van der Waals surface area contributed by atoms with Gasteiger partial charge >= 0.3 is 0 Å². The minimum atomic E-state index is -2.90. The Morgan fingerprint density at radius 1 is 1.62 bits per heavy atom. The number of rotatable bonds is 1. The zero-order valence-electron chi connectivity index (χ0n) is 6.14. The second kappa shape index (κ2) is 3.66. The molecule has 0 spiro atoms. The van der Waals surface area contributed by atoms with Crippen molar-refractivity contribution in [2.45, 2.75) is 6.43 Å². The molecule has 1 N–H and O–H groups in total. The topological polar surface area (TPSA) is 56.6 Å². The van der Waals surface area contributed by atoms with E-state index in [4.69, 9.17) is 5.26 Å². The van der Waals surface area contributed by atoms with E-state index in [0.717, 1.165) is 6.20 Å². The Kier molecular flexibility index (Phi) is 2.78. The maximum atomic E-state index is 12.2. The summed E-state index contributed by atoms with van der Waals surface area (Å²) in [6.07, 6.45) is -1.82. The van der Waals surface area contributed by atoms with E-state index in [2.05, 4.69) is 20.9 Å². The zero-order valence-corrected chi connectivity index (χ0v) is 7.73. The van der Waals surface area contributed by atoms with E-state index in [1.54, 1.807) is 6.07 Å². The minimum Gasteiger partial charge on any atom is -0.327 e. The first kappa shape index (κ1) is 9.86. The quantitative estimate of drug-likeness (QED) is 0.826. The number of aromatic nitrogens is 1. The normalized spacial score (nSPS) is 10.1. The van der Waals surface area contributed by atoms with Crippen molar-refractivity contribution < 1.29 is 8.78 Å². The van der Waals surface area contributed by atoms with Gasteiger partial charge in [-0.25, -0.2) is 8.78 Å². The third-order valence-corrected chi connectivity index (χ3v) is 2.26. The molecule has 0 unspecified atom stereocenters. The van der Waals surface area contributed by atoms with Gasteiger partial charge in [-0.2, -0.15) is 5.26 Å². The average Bonchev–Trinajstić information content (AvgIpc) is 2.04. The summed E-state index contributed by atoms with van der Waals surface area (Å²) in [6.45, 7) is 0. The molecule has 3 nitrogen and oxygen atoms in total. The van der Waals surface area contributed by atoms with E-state index in [-0.39, 0.29) is 10.0 Å². The monoisotopic (exact) mass is 248 g/mol. The van der Waals surface area contributed by atoms with Crippen LogP contribution in [-0.4, -0.2) is 4.98 Å². The molecule has 0 aromatic carbocycles. The molecular formula is C7H3BrF2N2O. The summed E-state index contributed by atoms with van der Waals surface area (Å²) in [6, 6.07) is 1.67. The molecule has 0 bridgehead atoms. The van der Waals surface area contributed by atoms with Gasteiger partial charge in [-0.05, 0) is 15.9 Å². The Hall–Kier alpha value is -1.22. The molecule has 0 atom stereocenters. The van der Waals surface area contributed by atoms with Crippen LogP contribution in [0.2, 0.25) is 0 Å². The second-order valence-corrected chi connectivity index (χ2v) is 2.96. The van der Waals surface area contributed by atoms with E-state index >= 15 is 0 Å². The van der Waals surface area contributed by atoms with Gasteiger partial charge in [-0.1, -0.05) is 0 Å². The number of H-pyrrole nitrogens is 1. The third-order valence-electron chi connectivity index (χ3n) is 1.40. The molecule has 0 aliphatic heterocycles. The smallest absolute Gasteiger partial charge is 0.270 e. The van der Waals surface area contributed by atoms with E-state index < -0.39 is 17.5 Å². The number of nitrogens with zero attached hydrogens (tertiary/aromatic N) is 1. The van der Waals surface area contributed by atoms with Crippen LogP contribution in [0.3, 0.4) is 0 Å². The van der Waals surface area contributed by atoms with E-state index in [1.165, 1.54) is 0 Å². The van der Waals surface area contributed by atoms with Crippen LogP contribution in [0.1, 0.15) is 17.6 Å². The van der Waals surface area contributed by atoms with Gasteiger partial charge in [0, 0.05) is 6.20 Å². The maximum absolute atomic E-state index is 12.2. The van der Waals surface area contributed by atoms with Crippen molar-refractivity contribution >= 4 is 15.9 Å². The highest BCUT2D eigenvalue weighted by Gasteiger charge is 2.18. The number of alkyl halides is 2. The molecule has 1 heterocycles. The van der Waals surface area contributed by atoms with E-state index in [9.17, 15) is 13.6 Å². The summed E-state index contributed by atoms with van der Waals surface area (Å²) in [7, 11) is 0. The van der Waals surface area contributed by atoms with Crippen LogP contribution < -0.4 is 5.56 Å². The van der Waals surface area contributed by atoms with E-state index in [1.807, 2.05) is 0 Å². The Balaban J connectivity index is 3.50. The Bertz CT molecular complexity index is 421. The number of pyridine rings is 1. The lowest BCUT2D eigenvalue weighted by molar-refractivity contribution is 0.148. The fraction of sp³-hybridized carbons (Fsp3) is 0.143. The zero-order chi connectivity index (χ0) is 10.0. The van der Waals surface area contributed by atoms with Crippen molar-refractivity contribution in [1.29, 1.82) is 5.26 Å². The maximum Gasteiger partial charge on any atom is 0.270 e. The van der Waals surface area contributed by atoms with Gasteiger partial charge in [0.15, 0.2) is 0 Å². The first-order chi connectivity index (χ1) is 6.07. The van der Waals surface area contributed by atoms with Crippen molar-refractivity contribution in [3.63, 3.8) is 0 Å². The van der Waals surface area contributed by atoms with Crippen LogP contribution in [0.4, 0.5) is 8.78 Å². The second-order valence-electron chi connectivity index (χ2n) is 2.17. The van der Waals surface area contributed by atoms with Crippen molar-refractivity contribution in [2.24, 2.45) is 0 Å². The summed E-state index contributed by atoms with van der Waals surface area (Å²) < 4.78 is 24.3. The van der Waals surface area contributed by atoms with Crippen LogP contribution in [0.15, 0.2) is 15.5 Å². The van der Waals surface area contributed by atoms with Gasteiger partial charge in [-0.3, -0.25) is 4.79 Å². The van der Waals surface area contributed by atoms with Crippen LogP contribution in [0.25, 0.3) is 0 Å². The molecule has 0 aliphatic carbocycles. The molecular weight excluding hydrogens is 246 g/mol. The number of hydrogen-bond acceptors (Lipinski definition) is 2. The lowest BCUT2D eigenvalue weighted by Gasteiger charge is -2.01. The summed E-state index contributed by atoms with van der Waals surface area (Å²) in [5, 5.41) is 8.47.